The van der Waals surface area contributed by atoms with E-state index < -0.39 is 0 Å². The molecule has 0 spiro atoms. The van der Waals surface area contributed by atoms with E-state index in [9.17, 15) is 0 Å². The Labute approximate surface area is 68.4 Å². The predicted octanol–water partition coefficient (Wildman–Crippen LogP) is 2.24. The molecule has 3 unspecified atom stereocenters. The first kappa shape index (κ1) is 7.35. The van der Waals surface area contributed by atoms with Crippen LogP contribution in [0.25, 0.3) is 0 Å². The van der Waals surface area contributed by atoms with E-state index >= 15 is 0 Å². The van der Waals surface area contributed by atoms with E-state index in [0.29, 0.717) is 0 Å². The third-order valence-corrected chi connectivity index (χ3v) is 3.22. The summed E-state index contributed by atoms with van der Waals surface area (Å²) in [5.74, 6) is 2.41. The molecule has 0 aromatic carbocycles. The molecule has 62 valence electrons. The van der Waals surface area contributed by atoms with Crippen LogP contribution < -0.4 is 0 Å². The molecule has 1 heterocycles. The molecular weight excluding hydrogens is 136 g/mol. The van der Waals surface area contributed by atoms with Crippen LogP contribution in [-0.4, -0.2) is 13.2 Å². The number of rotatable bonds is 0. The molecule has 1 fully saturated rings. The average Bonchev–Trinajstić information content (AvgIpc) is 2.35. The SMILES string of the molecule is CC1=CCC2C(C)COCC12. The third-order valence-electron chi connectivity index (χ3n) is 3.22. The van der Waals surface area contributed by atoms with Crippen molar-refractivity contribution >= 4 is 0 Å². The molecule has 1 heteroatoms. The molecule has 1 nitrogen and oxygen atoms in total. The number of allylic oxidation sites excluding steroid dienone is 1. The van der Waals surface area contributed by atoms with E-state index in [4.69, 9.17) is 4.74 Å². The quantitative estimate of drug-likeness (QED) is 0.484. The average molecular weight is 152 g/mol. The van der Waals surface area contributed by atoms with E-state index in [1.165, 1.54) is 6.42 Å². The summed E-state index contributed by atoms with van der Waals surface area (Å²) in [6.07, 6.45) is 3.68. The lowest BCUT2D eigenvalue weighted by atomic mass is 9.81. The first-order valence-corrected chi connectivity index (χ1v) is 4.53. The molecule has 1 aliphatic carbocycles. The van der Waals surface area contributed by atoms with Gasteiger partial charge in [-0.3, -0.25) is 0 Å². The Morgan fingerprint density at radius 2 is 2.27 bits per heavy atom. The normalized spacial score (nSPS) is 43.5. The maximum Gasteiger partial charge on any atom is 0.0534 e. The summed E-state index contributed by atoms with van der Waals surface area (Å²) in [5.41, 5.74) is 1.56. The van der Waals surface area contributed by atoms with Gasteiger partial charge >= 0.3 is 0 Å². The summed E-state index contributed by atoms with van der Waals surface area (Å²) in [7, 11) is 0. The van der Waals surface area contributed by atoms with Crippen LogP contribution in [0.5, 0.6) is 0 Å². The fourth-order valence-electron chi connectivity index (χ4n) is 2.36. The van der Waals surface area contributed by atoms with Gasteiger partial charge in [0.15, 0.2) is 0 Å². The number of fused-ring (bicyclic) bond motifs is 1. The van der Waals surface area contributed by atoms with Gasteiger partial charge < -0.3 is 4.74 Å². The standard InChI is InChI=1S/C10H16O/c1-7-3-4-9-8(2)5-11-6-10(7)9/h3,8-10H,4-6H2,1-2H3. The molecular formula is C10H16O. The fourth-order valence-corrected chi connectivity index (χ4v) is 2.36. The Morgan fingerprint density at radius 3 is 3.00 bits per heavy atom. The topological polar surface area (TPSA) is 9.23 Å². The molecule has 1 aliphatic heterocycles. The van der Waals surface area contributed by atoms with E-state index in [2.05, 4.69) is 19.9 Å². The van der Waals surface area contributed by atoms with Crippen molar-refractivity contribution in [2.45, 2.75) is 20.3 Å². The monoisotopic (exact) mass is 152 g/mol. The number of hydrogen-bond acceptors (Lipinski definition) is 1. The van der Waals surface area contributed by atoms with Gasteiger partial charge in [-0.15, -0.1) is 0 Å². The molecule has 0 aromatic heterocycles. The Morgan fingerprint density at radius 1 is 1.45 bits per heavy atom. The highest BCUT2D eigenvalue weighted by Crippen LogP contribution is 2.39. The van der Waals surface area contributed by atoms with Crippen LogP contribution in [0.15, 0.2) is 11.6 Å². The van der Waals surface area contributed by atoms with Crippen molar-refractivity contribution < 1.29 is 4.74 Å². The second kappa shape index (κ2) is 2.63. The molecule has 1 saturated heterocycles. The summed E-state index contributed by atoms with van der Waals surface area (Å²) < 4.78 is 5.53. The number of ether oxygens (including phenoxy) is 1. The molecule has 0 radical (unpaired) electrons. The van der Waals surface area contributed by atoms with E-state index in [-0.39, 0.29) is 0 Å². The second-order valence-electron chi connectivity index (χ2n) is 3.97. The Balaban J connectivity index is 2.12. The van der Waals surface area contributed by atoms with Crippen LogP contribution >= 0.6 is 0 Å². The van der Waals surface area contributed by atoms with E-state index in [1.54, 1.807) is 5.57 Å². The second-order valence-corrected chi connectivity index (χ2v) is 3.97. The van der Waals surface area contributed by atoms with E-state index in [0.717, 1.165) is 31.0 Å². The van der Waals surface area contributed by atoms with Gasteiger partial charge in [-0.25, -0.2) is 0 Å². The third kappa shape index (κ3) is 1.12. The van der Waals surface area contributed by atoms with Crippen molar-refractivity contribution in [1.82, 2.24) is 0 Å². The van der Waals surface area contributed by atoms with Crippen molar-refractivity contribution in [2.24, 2.45) is 17.8 Å². The van der Waals surface area contributed by atoms with Crippen LogP contribution in [0.4, 0.5) is 0 Å². The molecule has 0 aromatic rings. The Kier molecular flexibility index (Phi) is 1.76. The van der Waals surface area contributed by atoms with Crippen molar-refractivity contribution in [3.63, 3.8) is 0 Å². The van der Waals surface area contributed by atoms with E-state index in [1.807, 2.05) is 0 Å². The lowest BCUT2D eigenvalue weighted by molar-refractivity contribution is -0.00226. The minimum absolute atomic E-state index is 0.749. The summed E-state index contributed by atoms with van der Waals surface area (Å²) >= 11 is 0. The van der Waals surface area contributed by atoms with Gasteiger partial charge in [0.05, 0.1) is 6.61 Å². The first-order valence-electron chi connectivity index (χ1n) is 4.53. The van der Waals surface area contributed by atoms with Gasteiger partial charge in [-0.2, -0.15) is 0 Å². The Bertz CT molecular complexity index is 183. The first-order chi connectivity index (χ1) is 5.29. The smallest absolute Gasteiger partial charge is 0.0534 e. The van der Waals surface area contributed by atoms with Crippen LogP contribution in [0.1, 0.15) is 20.3 Å². The van der Waals surface area contributed by atoms with Gasteiger partial charge in [0.1, 0.15) is 0 Å². The molecule has 0 saturated carbocycles. The minimum atomic E-state index is 0.749. The largest absolute Gasteiger partial charge is 0.381 e. The zero-order valence-corrected chi connectivity index (χ0v) is 7.34. The van der Waals surface area contributed by atoms with Gasteiger partial charge in [0.2, 0.25) is 0 Å². The minimum Gasteiger partial charge on any atom is -0.381 e. The van der Waals surface area contributed by atoms with Crippen molar-refractivity contribution in [3.05, 3.63) is 11.6 Å². The maximum absolute atomic E-state index is 5.53. The molecule has 0 N–H and O–H groups in total. The molecule has 11 heavy (non-hydrogen) atoms. The lowest BCUT2D eigenvalue weighted by Crippen LogP contribution is -2.31. The summed E-state index contributed by atoms with van der Waals surface area (Å²) in [6.45, 7) is 6.50. The van der Waals surface area contributed by atoms with Crippen molar-refractivity contribution in [1.29, 1.82) is 0 Å². The molecule has 0 amide bonds. The fraction of sp³-hybridized carbons (Fsp3) is 0.800. The highest BCUT2D eigenvalue weighted by molar-refractivity contribution is 5.14. The Hall–Kier alpha value is -0.300. The van der Waals surface area contributed by atoms with Gasteiger partial charge in [0, 0.05) is 12.5 Å². The van der Waals surface area contributed by atoms with Crippen molar-refractivity contribution in [3.8, 4) is 0 Å². The maximum atomic E-state index is 5.53. The molecule has 2 rings (SSSR count). The molecule has 3 atom stereocenters. The predicted molar refractivity (Wildman–Crippen MR) is 45.3 cm³/mol. The molecule has 2 aliphatic rings. The zero-order valence-electron chi connectivity index (χ0n) is 7.34. The summed E-state index contributed by atoms with van der Waals surface area (Å²) in [6, 6.07) is 0. The van der Waals surface area contributed by atoms with Gasteiger partial charge in [-0.1, -0.05) is 18.6 Å². The van der Waals surface area contributed by atoms with Crippen LogP contribution in [-0.2, 0) is 4.74 Å². The lowest BCUT2D eigenvalue weighted by Gasteiger charge is -2.32. The van der Waals surface area contributed by atoms with Gasteiger partial charge in [0.25, 0.3) is 0 Å². The van der Waals surface area contributed by atoms with Gasteiger partial charge in [-0.05, 0) is 25.2 Å². The van der Waals surface area contributed by atoms with Crippen LogP contribution in [0, 0.1) is 17.8 Å². The summed E-state index contributed by atoms with van der Waals surface area (Å²) in [4.78, 5) is 0. The van der Waals surface area contributed by atoms with Crippen LogP contribution in [0.3, 0.4) is 0 Å². The summed E-state index contributed by atoms with van der Waals surface area (Å²) in [5, 5.41) is 0. The highest BCUT2D eigenvalue weighted by atomic mass is 16.5. The zero-order chi connectivity index (χ0) is 7.84. The highest BCUT2D eigenvalue weighted by Gasteiger charge is 2.34. The molecule has 0 bridgehead atoms. The number of hydrogen-bond donors (Lipinski definition) is 0. The van der Waals surface area contributed by atoms with Crippen molar-refractivity contribution in [2.75, 3.05) is 13.2 Å². The van der Waals surface area contributed by atoms with Crippen LogP contribution in [0.2, 0.25) is 0 Å².